The Morgan fingerprint density at radius 1 is 1.13 bits per heavy atom. The van der Waals surface area contributed by atoms with Gasteiger partial charge in [-0.05, 0) is 41.0 Å². The second-order valence-corrected chi connectivity index (χ2v) is 5.16. The van der Waals surface area contributed by atoms with Gasteiger partial charge in [-0.25, -0.2) is 0 Å². The van der Waals surface area contributed by atoms with Crippen LogP contribution in [-0.2, 0) is 9.47 Å². The number of hydrogen-bond donors (Lipinski definition) is 0. The van der Waals surface area contributed by atoms with E-state index in [4.69, 9.17) is 9.47 Å². The molecule has 0 aromatic rings. The van der Waals surface area contributed by atoms with Gasteiger partial charge in [-0.1, -0.05) is 13.3 Å². The van der Waals surface area contributed by atoms with Crippen LogP contribution < -0.4 is 0 Å². The highest BCUT2D eigenvalue weighted by atomic mass is 16.5. The van der Waals surface area contributed by atoms with Crippen LogP contribution in [-0.4, -0.2) is 24.4 Å². The van der Waals surface area contributed by atoms with Crippen molar-refractivity contribution in [3.63, 3.8) is 0 Å². The molecule has 92 valence electrons. The maximum absolute atomic E-state index is 5.84. The molecule has 0 heterocycles. The first-order valence-corrected chi connectivity index (χ1v) is 6.17. The van der Waals surface area contributed by atoms with Crippen molar-refractivity contribution >= 4 is 0 Å². The van der Waals surface area contributed by atoms with E-state index in [2.05, 4.69) is 41.5 Å². The van der Waals surface area contributed by atoms with Gasteiger partial charge in [-0.2, -0.15) is 0 Å². The highest BCUT2D eigenvalue weighted by Crippen LogP contribution is 2.19. The number of unbranched alkanes of at least 4 members (excludes halogenated alkanes) is 1. The second kappa shape index (κ2) is 7.24. The third-order valence-corrected chi connectivity index (χ3v) is 2.27. The normalized spacial score (nSPS) is 14.6. The molecule has 0 radical (unpaired) electrons. The first-order valence-electron chi connectivity index (χ1n) is 6.17. The monoisotopic (exact) mass is 216 g/mol. The van der Waals surface area contributed by atoms with E-state index in [1.807, 2.05) is 0 Å². The maximum Gasteiger partial charge on any atom is 0.0651 e. The van der Waals surface area contributed by atoms with Crippen LogP contribution in [0, 0.1) is 0 Å². The molecule has 0 saturated heterocycles. The van der Waals surface area contributed by atoms with Gasteiger partial charge in [0.05, 0.1) is 17.8 Å². The van der Waals surface area contributed by atoms with Gasteiger partial charge in [-0.3, -0.25) is 0 Å². The summed E-state index contributed by atoms with van der Waals surface area (Å²) in [5, 5.41) is 0. The first-order chi connectivity index (χ1) is 6.87. The van der Waals surface area contributed by atoms with Crippen molar-refractivity contribution in [3.05, 3.63) is 0 Å². The van der Waals surface area contributed by atoms with Crippen molar-refractivity contribution < 1.29 is 9.47 Å². The predicted octanol–water partition coefficient (Wildman–Crippen LogP) is 3.79. The number of rotatable bonds is 8. The molecule has 0 N–H and O–H groups in total. The van der Waals surface area contributed by atoms with Crippen LogP contribution in [0.1, 0.15) is 60.8 Å². The van der Waals surface area contributed by atoms with Gasteiger partial charge >= 0.3 is 0 Å². The van der Waals surface area contributed by atoms with Crippen molar-refractivity contribution in [1.82, 2.24) is 0 Å². The Morgan fingerprint density at radius 2 is 1.73 bits per heavy atom. The molecule has 2 nitrogen and oxygen atoms in total. The summed E-state index contributed by atoms with van der Waals surface area (Å²) in [7, 11) is 0. The van der Waals surface area contributed by atoms with Gasteiger partial charge in [0.1, 0.15) is 0 Å². The molecule has 0 saturated carbocycles. The summed E-state index contributed by atoms with van der Waals surface area (Å²) in [6, 6.07) is 0. The molecule has 0 aromatic carbocycles. The number of ether oxygens (including phenoxy) is 2. The molecule has 0 aliphatic carbocycles. The molecule has 0 bridgehead atoms. The summed E-state index contributed by atoms with van der Waals surface area (Å²) in [4.78, 5) is 0. The van der Waals surface area contributed by atoms with Crippen molar-refractivity contribution in [2.75, 3.05) is 6.61 Å². The Balaban J connectivity index is 3.79. The summed E-state index contributed by atoms with van der Waals surface area (Å²) in [6.45, 7) is 13.6. The molecule has 0 rings (SSSR count). The van der Waals surface area contributed by atoms with Crippen LogP contribution in [0.5, 0.6) is 0 Å². The Labute approximate surface area is 95.3 Å². The lowest BCUT2D eigenvalue weighted by molar-refractivity contribution is -0.0734. The van der Waals surface area contributed by atoms with Gasteiger partial charge in [0.25, 0.3) is 0 Å². The fraction of sp³-hybridized carbons (Fsp3) is 1.00. The zero-order chi connectivity index (χ0) is 11.9. The van der Waals surface area contributed by atoms with E-state index in [0.29, 0.717) is 6.10 Å². The van der Waals surface area contributed by atoms with Crippen LogP contribution in [0.15, 0.2) is 0 Å². The molecular weight excluding hydrogens is 188 g/mol. The number of hydrogen-bond acceptors (Lipinski definition) is 2. The van der Waals surface area contributed by atoms with Gasteiger partial charge < -0.3 is 9.47 Å². The molecule has 0 fully saturated rings. The van der Waals surface area contributed by atoms with Crippen molar-refractivity contribution in [2.45, 2.75) is 78.6 Å². The van der Waals surface area contributed by atoms with E-state index >= 15 is 0 Å². The average molecular weight is 216 g/mol. The van der Waals surface area contributed by atoms with Crippen LogP contribution >= 0.6 is 0 Å². The lowest BCUT2D eigenvalue weighted by Gasteiger charge is -2.29. The Bertz CT molecular complexity index is 153. The van der Waals surface area contributed by atoms with Crippen LogP contribution in [0.4, 0.5) is 0 Å². The third kappa shape index (κ3) is 8.88. The fourth-order valence-corrected chi connectivity index (χ4v) is 1.76. The van der Waals surface area contributed by atoms with Gasteiger partial charge in [0, 0.05) is 13.0 Å². The second-order valence-electron chi connectivity index (χ2n) is 5.16. The van der Waals surface area contributed by atoms with E-state index in [1.54, 1.807) is 0 Å². The summed E-state index contributed by atoms with van der Waals surface area (Å²) < 4.78 is 11.6. The summed E-state index contributed by atoms with van der Waals surface area (Å²) in [6.07, 6.45) is 3.85. The van der Waals surface area contributed by atoms with E-state index in [9.17, 15) is 0 Å². The third-order valence-electron chi connectivity index (χ3n) is 2.27. The minimum atomic E-state index is -0.0660. The fourth-order valence-electron chi connectivity index (χ4n) is 1.76. The van der Waals surface area contributed by atoms with Gasteiger partial charge in [-0.15, -0.1) is 0 Å². The molecule has 0 aliphatic rings. The molecular formula is C13H28O2. The van der Waals surface area contributed by atoms with E-state index in [0.717, 1.165) is 19.4 Å². The minimum Gasteiger partial charge on any atom is -0.376 e. The van der Waals surface area contributed by atoms with Crippen molar-refractivity contribution in [2.24, 2.45) is 0 Å². The molecule has 1 unspecified atom stereocenters. The zero-order valence-electron chi connectivity index (χ0n) is 11.3. The molecule has 15 heavy (non-hydrogen) atoms. The average Bonchev–Trinajstić information content (AvgIpc) is 2.00. The van der Waals surface area contributed by atoms with Crippen LogP contribution in [0.3, 0.4) is 0 Å². The summed E-state index contributed by atoms with van der Waals surface area (Å²) in [5.41, 5.74) is -0.0660. The Kier molecular flexibility index (Phi) is 7.20. The van der Waals surface area contributed by atoms with E-state index in [1.165, 1.54) is 6.42 Å². The SMILES string of the molecule is CCCCOC(C)(C)CC(C)OC(C)C. The first kappa shape index (κ1) is 14.9. The molecule has 0 aliphatic heterocycles. The van der Waals surface area contributed by atoms with Crippen molar-refractivity contribution in [3.8, 4) is 0 Å². The lowest BCUT2D eigenvalue weighted by Crippen LogP contribution is -2.31. The van der Waals surface area contributed by atoms with Crippen LogP contribution in [0.25, 0.3) is 0 Å². The minimum absolute atomic E-state index is 0.0660. The summed E-state index contributed by atoms with van der Waals surface area (Å²) >= 11 is 0. The Morgan fingerprint density at radius 3 is 2.20 bits per heavy atom. The zero-order valence-corrected chi connectivity index (χ0v) is 11.3. The van der Waals surface area contributed by atoms with E-state index < -0.39 is 0 Å². The van der Waals surface area contributed by atoms with E-state index in [-0.39, 0.29) is 11.7 Å². The molecule has 0 aromatic heterocycles. The highest BCUT2D eigenvalue weighted by molar-refractivity contribution is 4.72. The largest absolute Gasteiger partial charge is 0.376 e. The maximum atomic E-state index is 5.84. The Hall–Kier alpha value is -0.0800. The molecule has 0 spiro atoms. The molecule has 2 heteroatoms. The quantitative estimate of drug-likeness (QED) is 0.575. The molecule has 0 amide bonds. The standard InChI is InChI=1S/C13H28O2/c1-7-8-9-14-13(5,6)10-12(4)15-11(2)3/h11-12H,7-10H2,1-6H3. The highest BCUT2D eigenvalue weighted by Gasteiger charge is 2.22. The predicted molar refractivity (Wildman–Crippen MR) is 65.2 cm³/mol. The smallest absolute Gasteiger partial charge is 0.0651 e. The lowest BCUT2D eigenvalue weighted by atomic mass is 10.0. The van der Waals surface area contributed by atoms with Crippen LogP contribution in [0.2, 0.25) is 0 Å². The van der Waals surface area contributed by atoms with Gasteiger partial charge in [0.2, 0.25) is 0 Å². The molecule has 1 atom stereocenters. The summed E-state index contributed by atoms with van der Waals surface area (Å²) in [5.74, 6) is 0. The topological polar surface area (TPSA) is 18.5 Å². The van der Waals surface area contributed by atoms with Gasteiger partial charge in [0.15, 0.2) is 0 Å². The van der Waals surface area contributed by atoms with Crippen molar-refractivity contribution in [1.29, 1.82) is 0 Å².